The lowest BCUT2D eigenvalue weighted by Gasteiger charge is -2.37. The molecule has 2 heterocycles. The highest BCUT2D eigenvalue weighted by molar-refractivity contribution is 4.90. The number of hydrogen-bond acceptors (Lipinski definition) is 4. The van der Waals surface area contributed by atoms with Gasteiger partial charge < -0.3 is 15.5 Å². The van der Waals surface area contributed by atoms with E-state index in [2.05, 4.69) is 10.2 Å². The third kappa shape index (κ3) is 2.08. The molecule has 0 aromatic rings. The van der Waals surface area contributed by atoms with Gasteiger partial charge in [-0.1, -0.05) is 0 Å². The van der Waals surface area contributed by atoms with Crippen LogP contribution in [0.1, 0.15) is 12.8 Å². The molecular formula is C10H20N2O2. The second-order valence-electron chi connectivity index (χ2n) is 4.48. The highest BCUT2D eigenvalue weighted by Crippen LogP contribution is 2.20. The summed E-state index contributed by atoms with van der Waals surface area (Å²) in [4.78, 5) is 2.33. The summed E-state index contributed by atoms with van der Waals surface area (Å²) in [5, 5.41) is 22.0. The van der Waals surface area contributed by atoms with E-state index in [4.69, 9.17) is 5.11 Å². The minimum Gasteiger partial charge on any atom is -0.396 e. The van der Waals surface area contributed by atoms with Crippen LogP contribution in [-0.4, -0.2) is 60.0 Å². The summed E-state index contributed by atoms with van der Waals surface area (Å²) in [6.07, 6.45) is 2.05. The van der Waals surface area contributed by atoms with E-state index in [0.717, 1.165) is 32.5 Å². The van der Waals surface area contributed by atoms with Gasteiger partial charge in [-0.3, -0.25) is 4.90 Å². The van der Waals surface area contributed by atoms with Crippen LogP contribution in [0.25, 0.3) is 0 Å². The number of hydrogen-bond donors (Lipinski definition) is 3. The van der Waals surface area contributed by atoms with Crippen molar-refractivity contribution in [1.82, 2.24) is 10.2 Å². The first-order valence-electron chi connectivity index (χ1n) is 5.55. The highest BCUT2D eigenvalue weighted by Gasteiger charge is 2.33. The molecule has 2 saturated heterocycles. The van der Waals surface area contributed by atoms with Crippen molar-refractivity contribution >= 4 is 0 Å². The van der Waals surface area contributed by atoms with E-state index < -0.39 is 0 Å². The molecule has 0 amide bonds. The summed E-state index contributed by atoms with van der Waals surface area (Å²) in [7, 11) is 0. The molecule has 2 aliphatic rings. The summed E-state index contributed by atoms with van der Waals surface area (Å²) >= 11 is 0. The van der Waals surface area contributed by atoms with Crippen molar-refractivity contribution in [1.29, 1.82) is 0 Å². The molecular weight excluding hydrogens is 180 g/mol. The van der Waals surface area contributed by atoms with Gasteiger partial charge in [0.05, 0.1) is 6.10 Å². The fourth-order valence-electron chi connectivity index (χ4n) is 2.57. The van der Waals surface area contributed by atoms with Gasteiger partial charge in [-0.2, -0.15) is 0 Å². The lowest BCUT2D eigenvalue weighted by molar-refractivity contribution is 0.0402. The maximum Gasteiger partial charge on any atom is 0.0831 e. The monoisotopic (exact) mass is 200 g/mol. The van der Waals surface area contributed by atoms with Crippen LogP contribution in [0.15, 0.2) is 0 Å². The predicted octanol–water partition coefficient (Wildman–Crippen LogP) is -0.977. The van der Waals surface area contributed by atoms with Gasteiger partial charge in [-0.15, -0.1) is 0 Å². The van der Waals surface area contributed by atoms with E-state index in [-0.39, 0.29) is 18.8 Å². The van der Waals surface area contributed by atoms with E-state index >= 15 is 0 Å². The number of likely N-dealkylation sites (tertiary alicyclic amines) is 1. The van der Waals surface area contributed by atoms with Gasteiger partial charge in [0.25, 0.3) is 0 Å². The first-order valence-corrected chi connectivity index (χ1v) is 5.55. The highest BCUT2D eigenvalue weighted by atomic mass is 16.3. The van der Waals surface area contributed by atoms with E-state index in [1.807, 2.05) is 0 Å². The summed E-state index contributed by atoms with van der Waals surface area (Å²) in [5.74, 6) is 0.413. The number of nitrogens with zero attached hydrogens (tertiary/aromatic N) is 1. The second-order valence-corrected chi connectivity index (χ2v) is 4.48. The lowest BCUT2D eigenvalue weighted by Crippen LogP contribution is -2.48. The fraction of sp³-hybridized carbons (Fsp3) is 1.00. The fourth-order valence-corrected chi connectivity index (χ4v) is 2.57. The molecule has 2 aliphatic heterocycles. The molecule has 0 radical (unpaired) electrons. The molecule has 4 heteroatoms. The summed E-state index contributed by atoms with van der Waals surface area (Å²) < 4.78 is 0. The van der Waals surface area contributed by atoms with Crippen molar-refractivity contribution in [2.24, 2.45) is 5.92 Å². The quantitative estimate of drug-likeness (QED) is 0.536. The van der Waals surface area contributed by atoms with Gasteiger partial charge >= 0.3 is 0 Å². The van der Waals surface area contributed by atoms with Crippen LogP contribution in [0.3, 0.4) is 0 Å². The van der Waals surface area contributed by atoms with Gasteiger partial charge in [0.2, 0.25) is 0 Å². The maximum absolute atomic E-state index is 9.73. The van der Waals surface area contributed by atoms with Crippen molar-refractivity contribution < 1.29 is 10.2 Å². The molecule has 3 atom stereocenters. The van der Waals surface area contributed by atoms with Crippen LogP contribution in [0.5, 0.6) is 0 Å². The SMILES string of the molecule is OCC1CCCN([C@@H]2CNC[C@H]2O)C1. The number of rotatable bonds is 2. The Morgan fingerprint density at radius 2 is 2.21 bits per heavy atom. The van der Waals surface area contributed by atoms with Crippen molar-refractivity contribution in [3.63, 3.8) is 0 Å². The second kappa shape index (κ2) is 4.57. The number of β-amino-alcohol motifs (C(OH)–C–C–N with tert-alkyl or cyclic N) is 1. The Labute approximate surface area is 84.9 Å². The Morgan fingerprint density at radius 3 is 2.86 bits per heavy atom. The normalized spacial score (nSPS) is 40.3. The zero-order valence-electron chi connectivity index (χ0n) is 8.52. The van der Waals surface area contributed by atoms with E-state index in [1.54, 1.807) is 0 Å². The van der Waals surface area contributed by atoms with E-state index in [0.29, 0.717) is 12.5 Å². The molecule has 0 aliphatic carbocycles. The molecule has 2 rings (SSSR count). The first-order chi connectivity index (χ1) is 6.81. The van der Waals surface area contributed by atoms with E-state index in [1.165, 1.54) is 0 Å². The molecule has 3 N–H and O–H groups in total. The Hall–Kier alpha value is -0.160. The predicted molar refractivity (Wildman–Crippen MR) is 54.0 cm³/mol. The average Bonchev–Trinajstić information content (AvgIpc) is 2.65. The minimum absolute atomic E-state index is 0.229. The van der Waals surface area contributed by atoms with Crippen LogP contribution in [0.2, 0.25) is 0 Å². The van der Waals surface area contributed by atoms with Crippen LogP contribution >= 0.6 is 0 Å². The van der Waals surface area contributed by atoms with Gasteiger partial charge in [0, 0.05) is 32.3 Å². The van der Waals surface area contributed by atoms with Crippen LogP contribution in [0.4, 0.5) is 0 Å². The first kappa shape index (κ1) is 10.4. The number of aliphatic hydroxyl groups excluding tert-OH is 2. The van der Waals surface area contributed by atoms with E-state index in [9.17, 15) is 5.11 Å². The van der Waals surface area contributed by atoms with Crippen molar-refractivity contribution in [2.45, 2.75) is 25.0 Å². The third-order valence-corrected chi connectivity index (χ3v) is 3.43. The maximum atomic E-state index is 9.73. The van der Waals surface area contributed by atoms with Crippen LogP contribution in [0, 0.1) is 5.92 Å². The molecule has 1 unspecified atom stereocenters. The van der Waals surface area contributed by atoms with Gasteiger partial charge in [-0.25, -0.2) is 0 Å². The molecule has 0 saturated carbocycles. The van der Waals surface area contributed by atoms with Crippen molar-refractivity contribution in [3.8, 4) is 0 Å². The topological polar surface area (TPSA) is 55.7 Å². The molecule has 4 nitrogen and oxygen atoms in total. The van der Waals surface area contributed by atoms with Gasteiger partial charge in [-0.05, 0) is 25.3 Å². The molecule has 0 aromatic carbocycles. The molecule has 2 fully saturated rings. The van der Waals surface area contributed by atoms with Crippen LogP contribution < -0.4 is 5.32 Å². The van der Waals surface area contributed by atoms with Crippen molar-refractivity contribution in [2.75, 3.05) is 32.8 Å². The summed E-state index contributed by atoms with van der Waals surface area (Å²) in [5.41, 5.74) is 0. The Bertz CT molecular complexity index is 189. The summed E-state index contributed by atoms with van der Waals surface area (Å²) in [6, 6.07) is 0.268. The molecule has 82 valence electrons. The third-order valence-electron chi connectivity index (χ3n) is 3.43. The number of piperidine rings is 1. The zero-order valence-corrected chi connectivity index (χ0v) is 8.52. The summed E-state index contributed by atoms with van der Waals surface area (Å²) in [6.45, 7) is 3.90. The number of aliphatic hydroxyl groups is 2. The standard InChI is InChI=1S/C10H20N2O2/c13-7-8-2-1-3-12(6-8)9-4-11-5-10(9)14/h8-11,13-14H,1-7H2/t8?,9-,10-/m1/s1. The van der Waals surface area contributed by atoms with Crippen LogP contribution in [-0.2, 0) is 0 Å². The molecule has 0 bridgehead atoms. The number of nitrogens with one attached hydrogen (secondary N) is 1. The Morgan fingerprint density at radius 1 is 1.36 bits per heavy atom. The Kier molecular flexibility index (Phi) is 3.38. The smallest absolute Gasteiger partial charge is 0.0831 e. The van der Waals surface area contributed by atoms with Gasteiger partial charge in [0.1, 0.15) is 0 Å². The molecule has 0 aromatic heterocycles. The Balaban J connectivity index is 1.90. The average molecular weight is 200 g/mol. The largest absolute Gasteiger partial charge is 0.396 e. The zero-order chi connectivity index (χ0) is 9.97. The minimum atomic E-state index is -0.229. The van der Waals surface area contributed by atoms with Gasteiger partial charge in [0.15, 0.2) is 0 Å². The molecule has 14 heavy (non-hydrogen) atoms. The lowest BCUT2D eigenvalue weighted by atomic mass is 9.97. The van der Waals surface area contributed by atoms with Crippen molar-refractivity contribution in [3.05, 3.63) is 0 Å². The molecule has 0 spiro atoms.